The normalized spacial score (nSPS) is 11.2. The van der Waals surface area contributed by atoms with Crippen LogP contribution in [0, 0.1) is 26.2 Å². The molecule has 0 saturated carbocycles. The first kappa shape index (κ1) is 16.3. The average Bonchev–Trinajstić information content (AvgIpc) is 2.91. The summed E-state index contributed by atoms with van der Waals surface area (Å²) in [6.45, 7) is 6.82. The van der Waals surface area contributed by atoms with Crippen LogP contribution >= 0.6 is 0 Å². The number of hydrogen-bond donors (Lipinski definition) is 1. The topological polar surface area (TPSA) is 59.5 Å². The molecule has 5 heteroatoms. The van der Waals surface area contributed by atoms with Crippen molar-refractivity contribution in [1.82, 2.24) is 19.1 Å². The lowest BCUT2D eigenvalue weighted by molar-refractivity contribution is 0.719. The highest BCUT2D eigenvalue weighted by atomic mass is 15.1. The van der Waals surface area contributed by atoms with Crippen LogP contribution < -0.4 is 5.49 Å². The number of nitrogens with one attached hydrogen (secondary N) is 1. The maximum atomic E-state index is 8.73. The van der Waals surface area contributed by atoms with Gasteiger partial charge in [-0.1, -0.05) is 23.8 Å². The third-order valence-electron chi connectivity index (χ3n) is 4.90. The van der Waals surface area contributed by atoms with E-state index in [0.717, 1.165) is 33.5 Å². The highest BCUT2D eigenvalue weighted by Gasteiger charge is 2.16. The molecule has 4 aromatic rings. The number of benzene rings is 1. The largest absolute Gasteiger partial charge is 0.312 e. The second kappa shape index (κ2) is 6.26. The Balaban J connectivity index is 1.90. The molecule has 4 rings (SSSR count). The Kier molecular flexibility index (Phi) is 3.92. The molecule has 0 aliphatic heterocycles. The molecule has 130 valence electrons. The van der Waals surface area contributed by atoms with Gasteiger partial charge in [-0.05, 0) is 50.1 Å². The Morgan fingerprint density at radius 3 is 2.50 bits per heavy atom. The molecule has 3 aromatic heterocycles. The lowest BCUT2D eigenvalue weighted by atomic mass is 10.2. The van der Waals surface area contributed by atoms with Gasteiger partial charge in [-0.3, -0.25) is 15.0 Å². The molecule has 26 heavy (non-hydrogen) atoms. The van der Waals surface area contributed by atoms with Crippen molar-refractivity contribution in [2.24, 2.45) is 0 Å². The fraction of sp³-hybridized carbons (Fsp3) is 0.190. The summed E-state index contributed by atoms with van der Waals surface area (Å²) in [7, 11) is 0. The summed E-state index contributed by atoms with van der Waals surface area (Å²) < 4.78 is 4.00. The summed E-state index contributed by atoms with van der Waals surface area (Å²) in [6, 6.07) is 12.3. The minimum absolute atomic E-state index is 0.477. The number of rotatable bonds is 3. The first-order valence-corrected chi connectivity index (χ1v) is 8.64. The lowest BCUT2D eigenvalue weighted by Gasteiger charge is -2.10. The molecule has 0 unspecified atom stereocenters. The van der Waals surface area contributed by atoms with Gasteiger partial charge in [0.25, 0.3) is 0 Å². The highest BCUT2D eigenvalue weighted by Crippen LogP contribution is 2.25. The predicted molar refractivity (Wildman–Crippen MR) is 102 cm³/mol. The molecule has 3 heterocycles. The molecule has 0 bridgehead atoms. The van der Waals surface area contributed by atoms with Crippen LogP contribution in [0.2, 0.25) is 0 Å². The number of fused-ring (bicyclic) bond motifs is 1. The van der Waals surface area contributed by atoms with Crippen molar-refractivity contribution < 1.29 is 0 Å². The van der Waals surface area contributed by atoms with Crippen LogP contribution in [0.3, 0.4) is 0 Å². The van der Waals surface area contributed by atoms with E-state index < -0.39 is 0 Å². The van der Waals surface area contributed by atoms with Gasteiger partial charge in [0, 0.05) is 23.8 Å². The summed E-state index contributed by atoms with van der Waals surface area (Å²) in [5, 5.41) is 9.62. The standard InChI is InChI=1S/C21H21N5/c1-14-6-8-18(9-7-14)26-16(3)15(2)19-20(22)25(13-24-21(19)26)12-17-5-4-10-23-11-17/h4-11,13,22H,12H2,1-3H3. The van der Waals surface area contributed by atoms with Gasteiger partial charge >= 0.3 is 0 Å². The van der Waals surface area contributed by atoms with Gasteiger partial charge in [-0.25, -0.2) is 4.98 Å². The zero-order valence-corrected chi connectivity index (χ0v) is 15.2. The van der Waals surface area contributed by atoms with Crippen LogP contribution in [-0.2, 0) is 6.54 Å². The Bertz CT molecular complexity index is 1140. The average molecular weight is 343 g/mol. The zero-order chi connectivity index (χ0) is 18.3. The van der Waals surface area contributed by atoms with Crippen molar-refractivity contribution in [1.29, 1.82) is 5.41 Å². The summed E-state index contributed by atoms with van der Waals surface area (Å²) in [5.74, 6) is 0. The first-order chi connectivity index (χ1) is 12.6. The minimum Gasteiger partial charge on any atom is -0.312 e. The summed E-state index contributed by atoms with van der Waals surface area (Å²) in [5.41, 5.74) is 6.87. The van der Waals surface area contributed by atoms with Crippen molar-refractivity contribution in [3.8, 4) is 5.69 Å². The maximum absolute atomic E-state index is 8.73. The monoisotopic (exact) mass is 343 g/mol. The van der Waals surface area contributed by atoms with E-state index in [4.69, 9.17) is 10.4 Å². The van der Waals surface area contributed by atoms with Crippen LogP contribution in [0.5, 0.6) is 0 Å². The van der Waals surface area contributed by atoms with E-state index in [1.165, 1.54) is 5.56 Å². The Morgan fingerprint density at radius 1 is 1.04 bits per heavy atom. The van der Waals surface area contributed by atoms with E-state index >= 15 is 0 Å². The summed E-state index contributed by atoms with van der Waals surface area (Å²) in [6.07, 6.45) is 5.33. The molecule has 1 aromatic carbocycles. The molecular weight excluding hydrogens is 322 g/mol. The fourth-order valence-corrected chi connectivity index (χ4v) is 3.34. The van der Waals surface area contributed by atoms with Crippen molar-refractivity contribution >= 4 is 11.0 Å². The van der Waals surface area contributed by atoms with Crippen LogP contribution in [0.1, 0.15) is 22.4 Å². The second-order valence-corrected chi connectivity index (χ2v) is 6.66. The zero-order valence-electron chi connectivity index (χ0n) is 15.2. The van der Waals surface area contributed by atoms with Gasteiger partial charge in [-0.15, -0.1) is 0 Å². The quantitative estimate of drug-likeness (QED) is 0.617. The third kappa shape index (κ3) is 2.62. The Labute approximate surface area is 152 Å². The SMILES string of the molecule is Cc1ccc(-n2c(C)c(C)c3c(=N)n(Cc4cccnc4)cnc32)cc1. The van der Waals surface area contributed by atoms with Gasteiger partial charge < -0.3 is 4.57 Å². The van der Waals surface area contributed by atoms with Gasteiger partial charge in [0.05, 0.1) is 18.3 Å². The van der Waals surface area contributed by atoms with Crippen molar-refractivity contribution in [3.63, 3.8) is 0 Å². The third-order valence-corrected chi connectivity index (χ3v) is 4.90. The molecular formula is C21H21N5. The molecule has 5 nitrogen and oxygen atoms in total. The summed E-state index contributed by atoms with van der Waals surface area (Å²) in [4.78, 5) is 8.86. The lowest BCUT2D eigenvalue weighted by Crippen LogP contribution is -2.21. The minimum atomic E-state index is 0.477. The van der Waals surface area contributed by atoms with Crippen molar-refractivity contribution in [2.75, 3.05) is 0 Å². The van der Waals surface area contributed by atoms with Crippen LogP contribution in [0.25, 0.3) is 16.7 Å². The predicted octanol–water partition coefficient (Wildman–Crippen LogP) is 3.68. The first-order valence-electron chi connectivity index (χ1n) is 8.64. The fourth-order valence-electron chi connectivity index (χ4n) is 3.34. The molecule has 0 aliphatic carbocycles. The van der Waals surface area contributed by atoms with Crippen LogP contribution in [-0.4, -0.2) is 19.1 Å². The van der Waals surface area contributed by atoms with Gasteiger partial charge in [0.15, 0.2) is 0 Å². The number of nitrogens with zero attached hydrogens (tertiary/aromatic N) is 4. The number of aryl methyl sites for hydroxylation is 2. The number of pyridine rings is 1. The number of hydrogen-bond acceptors (Lipinski definition) is 3. The van der Waals surface area contributed by atoms with Crippen LogP contribution in [0.4, 0.5) is 0 Å². The Morgan fingerprint density at radius 2 is 1.81 bits per heavy atom. The van der Waals surface area contributed by atoms with E-state index in [9.17, 15) is 0 Å². The van der Waals surface area contributed by atoms with Gasteiger partial charge in [0.2, 0.25) is 0 Å². The van der Waals surface area contributed by atoms with E-state index in [1.807, 2.05) is 22.9 Å². The Hall–Kier alpha value is -3.21. The highest BCUT2D eigenvalue weighted by molar-refractivity contribution is 5.82. The molecule has 0 amide bonds. The smallest absolute Gasteiger partial charge is 0.150 e. The van der Waals surface area contributed by atoms with Crippen molar-refractivity contribution in [3.05, 3.63) is 83.0 Å². The molecule has 0 fully saturated rings. The van der Waals surface area contributed by atoms with E-state index in [2.05, 4.69) is 54.6 Å². The van der Waals surface area contributed by atoms with Gasteiger partial charge in [0.1, 0.15) is 11.1 Å². The second-order valence-electron chi connectivity index (χ2n) is 6.66. The maximum Gasteiger partial charge on any atom is 0.150 e. The van der Waals surface area contributed by atoms with E-state index in [-0.39, 0.29) is 0 Å². The van der Waals surface area contributed by atoms with E-state index in [1.54, 1.807) is 12.5 Å². The molecule has 1 N–H and O–H groups in total. The molecule has 0 spiro atoms. The van der Waals surface area contributed by atoms with E-state index in [0.29, 0.717) is 12.0 Å². The molecule has 0 atom stereocenters. The van der Waals surface area contributed by atoms with Crippen molar-refractivity contribution in [2.45, 2.75) is 27.3 Å². The van der Waals surface area contributed by atoms with Crippen LogP contribution in [0.15, 0.2) is 55.1 Å². The molecule has 0 saturated heterocycles. The summed E-state index contributed by atoms with van der Waals surface area (Å²) >= 11 is 0. The molecule has 0 radical (unpaired) electrons. The number of aromatic nitrogens is 4. The van der Waals surface area contributed by atoms with Gasteiger partial charge in [-0.2, -0.15) is 0 Å². The molecule has 0 aliphatic rings.